The van der Waals surface area contributed by atoms with Crippen LogP contribution in [0.5, 0.6) is 0 Å². The first-order valence-electron chi connectivity index (χ1n) is 17.8. The van der Waals surface area contributed by atoms with E-state index in [1.165, 1.54) is 26.7 Å². The zero-order valence-corrected chi connectivity index (χ0v) is 29.6. The molecule has 0 amide bonds. The number of nitrogens with one attached hydrogen (secondary N) is 1. The molecular formula is C39H49F2IN3O-. The number of aryl methyl sites for hydroxylation is 1. The summed E-state index contributed by atoms with van der Waals surface area (Å²) >= 11 is 0.190. The van der Waals surface area contributed by atoms with Gasteiger partial charge in [0.1, 0.15) is 6.17 Å². The monoisotopic (exact) mass is 740 g/mol. The summed E-state index contributed by atoms with van der Waals surface area (Å²) in [4.78, 5) is 13.7. The Morgan fingerprint density at radius 2 is 1.91 bits per heavy atom. The molecule has 5 atom stereocenters. The van der Waals surface area contributed by atoms with Gasteiger partial charge in [0, 0.05) is 12.1 Å². The molecule has 0 bridgehead atoms. The molecule has 1 N–H and O–H groups in total. The Hall–Kier alpha value is -2.00. The van der Waals surface area contributed by atoms with Crippen molar-refractivity contribution in [3.63, 3.8) is 0 Å². The van der Waals surface area contributed by atoms with Crippen molar-refractivity contribution in [2.45, 2.75) is 119 Å². The second kappa shape index (κ2) is 13.9. The topological polar surface area (TPSA) is 53.8 Å². The number of hydrogen-bond donors (Lipinski definition) is 1. The number of benzene rings is 2. The summed E-state index contributed by atoms with van der Waals surface area (Å²) in [6, 6.07) is 13.4. The first-order chi connectivity index (χ1) is 22.3. The van der Waals surface area contributed by atoms with E-state index < -0.39 is 11.8 Å². The minimum atomic E-state index is -1.05. The predicted octanol–water partition coefficient (Wildman–Crippen LogP) is 5.83. The molecule has 2 heterocycles. The van der Waals surface area contributed by atoms with Gasteiger partial charge in [-0.1, -0.05) is 13.3 Å². The Morgan fingerprint density at radius 1 is 1.09 bits per heavy atom. The van der Waals surface area contributed by atoms with Gasteiger partial charge in [-0.05, 0) is 25.7 Å². The van der Waals surface area contributed by atoms with E-state index in [4.69, 9.17) is 0 Å². The third kappa shape index (κ3) is 7.20. The molecular weight excluding hydrogens is 691 g/mol. The van der Waals surface area contributed by atoms with E-state index in [9.17, 15) is 13.6 Å². The van der Waals surface area contributed by atoms with E-state index in [0.29, 0.717) is 54.4 Å². The number of rotatable bonds is 13. The second-order valence-corrected chi connectivity index (χ2v) is 18.2. The van der Waals surface area contributed by atoms with Crippen LogP contribution in [-0.2, 0) is 12.8 Å². The van der Waals surface area contributed by atoms with E-state index in [2.05, 4.69) is 65.8 Å². The molecule has 4 nitrogen and oxygen atoms in total. The fourth-order valence-corrected chi connectivity index (χ4v) is 10.0. The van der Waals surface area contributed by atoms with E-state index in [1.54, 1.807) is 0 Å². The molecule has 3 unspecified atom stereocenters. The Morgan fingerprint density at radius 3 is 2.63 bits per heavy atom. The molecule has 7 rings (SSSR count). The fraction of sp³-hybridized carbons (Fsp3) is 0.615. The van der Waals surface area contributed by atoms with Crippen LogP contribution in [0.2, 0.25) is 0 Å². The SMILES string of the molecule is CCCC1C=NN=C([C@@H](c2cccc(CCC3CC(=O)c4cc([C@@H](C)NCC5(F)CCC5)cc(C5C[I-]5)c4C3)c2)C2CC(F)C2)C1. The van der Waals surface area contributed by atoms with E-state index >= 15 is 0 Å². The molecule has 248 valence electrons. The molecule has 2 aromatic carbocycles. The summed E-state index contributed by atoms with van der Waals surface area (Å²) in [6.45, 7) is 4.72. The minimum absolute atomic E-state index is 0.0375. The standard InChI is InChI=1S/C39H49F2IN3O/c1-3-6-27-15-36(45-44-22-27)38(30-17-31(40)18-30)28-8-4-7-25(13-28)9-10-26-14-32-33(35-21-42-35)19-29(20-34(32)37(46)16-26)24(2)43-23-39(41)11-5-12-39/h4,7-8,13,19-20,22,24,26-27,30-31,35,38,43H,3,5-6,9-12,14-18,21,23H2,1-2H3/q-1/t24-,26?,27?,30?,31?,35?,38+/m1/s1. The number of carbonyl (C=O) groups excluding carboxylic acids is 1. The Balaban J connectivity index is 1.04. The van der Waals surface area contributed by atoms with Crippen molar-refractivity contribution < 1.29 is 34.8 Å². The summed E-state index contributed by atoms with van der Waals surface area (Å²) in [7, 11) is 0. The number of Topliss-reactive ketones (excluding diaryl/α,β-unsaturated/α-hetero) is 1. The Labute approximate surface area is 284 Å². The molecule has 0 aromatic heterocycles. The van der Waals surface area contributed by atoms with Crippen molar-refractivity contribution in [3.8, 4) is 0 Å². The molecule has 3 aliphatic carbocycles. The van der Waals surface area contributed by atoms with Crippen molar-refractivity contribution in [1.82, 2.24) is 5.32 Å². The molecule has 2 aliphatic heterocycles. The summed E-state index contributed by atoms with van der Waals surface area (Å²) in [6.07, 6.45) is 11.4. The number of carbonyl (C=O) groups is 1. The van der Waals surface area contributed by atoms with Crippen LogP contribution in [0.1, 0.15) is 132 Å². The molecule has 7 heteroatoms. The molecule has 2 aromatic rings. The number of fused-ring (bicyclic) bond motifs is 1. The number of alkyl halides is 4. The first kappa shape index (κ1) is 32.5. The predicted molar refractivity (Wildman–Crippen MR) is 178 cm³/mol. The van der Waals surface area contributed by atoms with Gasteiger partial charge in [0.05, 0.1) is 0 Å². The van der Waals surface area contributed by atoms with Crippen LogP contribution >= 0.6 is 0 Å². The van der Waals surface area contributed by atoms with Crippen molar-refractivity contribution in [2.24, 2.45) is 28.0 Å². The minimum Gasteiger partial charge on any atom is -0.247 e. The quantitative estimate of drug-likeness (QED) is 0.208. The normalized spacial score (nSPS) is 29.4. The zero-order chi connectivity index (χ0) is 31.8. The van der Waals surface area contributed by atoms with Crippen molar-refractivity contribution in [3.05, 3.63) is 69.8 Å². The summed E-state index contributed by atoms with van der Waals surface area (Å²) < 4.78 is 30.7. The van der Waals surface area contributed by atoms with Crippen molar-refractivity contribution >= 4 is 17.7 Å². The molecule has 46 heavy (non-hydrogen) atoms. The van der Waals surface area contributed by atoms with Gasteiger partial charge in [-0.3, -0.25) is 0 Å². The van der Waals surface area contributed by atoms with E-state index in [0.717, 1.165) is 61.8 Å². The molecule has 2 saturated carbocycles. The third-order valence-corrected chi connectivity index (χ3v) is 13.8. The van der Waals surface area contributed by atoms with E-state index in [1.807, 2.05) is 6.21 Å². The summed E-state index contributed by atoms with van der Waals surface area (Å²) in [5, 5.41) is 12.5. The molecule has 3 fully saturated rings. The maximum atomic E-state index is 14.7. The van der Waals surface area contributed by atoms with Crippen LogP contribution < -0.4 is 26.5 Å². The van der Waals surface area contributed by atoms with Crippen LogP contribution in [0.25, 0.3) is 0 Å². The molecule has 0 spiro atoms. The van der Waals surface area contributed by atoms with Gasteiger partial charge < -0.3 is 0 Å². The first-order valence-corrected chi connectivity index (χ1v) is 20.6. The number of nitrogens with zero attached hydrogens (tertiary/aromatic N) is 2. The average molecular weight is 741 g/mol. The Bertz CT molecular complexity index is 1490. The van der Waals surface area contributed by atoms with Gasteiger partial charge in [0.25, 0.3) is 0 Å². The smallest absolute Gasteiger partial charge is 0.247 e. The maximum absolute atomic E-state index is 14.7. The van der Waals surface area contributed by atoms with Gasteiger partial charge >= 0.3 is 213 Å². The number of hydrogen-bond acceptors (Lipinski definition) is 4. The molecule has 0 radical (unpaired) electrons. The fourth-order valence-electron chi connectivity index (χ4n) is 8.27. The van der Waals surface area contributed by atoms with Crippen LogP contribution in [0.15, 0.2) is 46.6 Å². The second-order valence-electron chi connectivity index (χ2n) is 14.9. The average Bonchev–Trinajstić information content (AvgIpc) is 3.87. The summed E-state index contributed by atoms with van der Waals surface area (Å²) in [5.41, 5.74) is 7.40. The van der Waals surface area contributed by atoms with Gasteiger partial charge in [0.15, 0.2) is 0 Å². The number of ketones is 1. The van der Waals surface area contributed by atoms with Crippen LogP contribution in [0.3, 0.4) is 0 Å². The van der Waals surface area contributed by atoms with Crippen LogP contribution in [0.4, 0.5) is 8.78 Å². The van der Waals surface area contributed by atoms with Gasteiger partial charge in [0.2, 0.25) is 0 Å². The van der Waals surface area contributed by atoms with Crippen molar-refractivity contribution in [2.75, 3.05) is 11.0 Å². The summed E-state index contributed by atoms with van der Waals surface area (Å²) in [5.74, 6) is 1.45. The van der Waals surface area contributed by atoms with Crippen LogP contribution in [-0.4, -0.2) is 40.5 Å². The molecule has 5 aliphatic rings. The van der Waals surface area contributed by atoms with Gasteiger partial charge in [-0.25, -0.2) is 4.39 Å². The zero-order valence-electron chi connectivity index (χ0n) is 27.4. The van der Waals surface area contributed by atoms with Crippen molar-refractivity contribution in [1.29, 1.82) is 0 Å². The third-order valence-electron chi connectivity index (χ3n) is 11.4. The van der Waals surface area contributed by atoms with Crippen LogP contribution in [0, 0.1) is 17.8 Å². The molecule has 1 saturated heterocycles. The van der Waals surface area contributed by atoms with Gasteiger partial charge in [-0.2, -0.15) is 10.2 Å². The van der Waals surface area contributed by atoms with E-state index in [-0.39, 0.29) is 44.9 Å². The van der Waals surface area contributed by atoms with Gasteiger partial charge in [-0.15, -0.1) is 0 Å². The number of halogens is 3. The Kier molecular flexibility index (Phi) is 9.80.